The van der Waals surface area contributed by atoms with E-state index in [1.807, 2.05) is 30.0 Å². The molecule has 1 aromatic heterocycles. The largest absolute Gasteiger partial charge is 0.383 e. The number of hydrogen-bond acceptors (Lipinski definition) is 5. The van der Waals surface area contributed by atoms with Crippen molar-refractivity contribution in [1.82, 2.24) is 14.5 Å². The average molecular weight is 361 g/mol. The van der Waals surface area contributed by atoms with Crippen LogP contribution in [0.15, 0.2) is 34.2 Å². The Hall–Kier alpha value is -1.86. The first-order valence-electron chi connectivity index (χ1n) is 8.56. The summed E-state index contributed by atoms with van der Waals surface area (Å²) in [5.41, 5.74) is 0.565. The molecule has 1 aromatic carbocycles. The Labute approximate surface area is 151 Å². The minimum absolute atomic E-state index is 0.0917. The first-order valence-corrected chi connectivity index (χ1v) is 9.43. The minimum atomic E-state index is -0.278. The summed E-state index contributed by atoms with van der Waals surface area (Å²) in [7, 11) is 1.60. The summed E-state index contributed by atoms with van der Waals surface area (Å²) >= 11 is 1.35. The number of ether oxygens (including phenoxy) is 1. The Kier molecular flexibility index (Phi) is 5.75. The summed E-state index contributed by atoms with van der Waals surface area (Å²) in [5.74, 6) is 0.114. The second-order valence-corrected chi connectivity index (χ2v) is 7.46. The van der Waals surface area contributed by atoms with Crippen LogP contribution in [0.2, 0.25) is 0 Å². The maximum absolute atomic E-state index is 12.8. The molecule has 1 aliphatic heterocycles. The summed E-state index contributed by atoms with van der Waals surface area (Å²) in [5, 5.41) is 0.877. The summed E-state index contributed by atoms with van der Waals surface area (Å²) in [6.07, 6.45) is 2.13. The predicted octanol–water partition coefficient (Wildman–Crippen LogP) is 2.15. The van der Waals surface area contributed by atoms with Crippen molar-refractivity contribution in [1.29, 1.82) is 0 Å². The molecule has 1 amide bonds. The van der Waals surface area contributed by atoms with E-state index >= 15 is 0 Å². The number of methoxy groups -OCH3 is 1. The van der Waals surface area contributed by atoms with Gasteiger partial charge in [0.1, 0.15) is 0 Å². The molecule has 25 heavy (non-hydrogen) atoms. The van der Waals surface area contributed by atoms with Crippen LogP contribution in [0.5, 0.6) is 0 Å². The summed E-state index contributed by atoms with van der Waals surface area (Å²) in [4.78, 5) is 31.9. The fourth-order valence-corrected chi connectivity index (χ4v) is 4.04. The molecule has 7 heteroatoms. The van der Waals surface area contributed by atoms with Gasteiger partial charge in [-0.2, -0.15) is 0 Å². The molecule has 6 nitrogen and oxygen atoms in total. The maximum Gasteiger partial charge on any atom is 0.262 e. The molecule has 0 bridgehead atoms. The molecular weight excluding hydrogens is 338 g/mol. The molecule has 0 N–H and O–H groups in total. The van der Waals surface area contributed by atoms with E-state index in [1.165, 1.54) is 11.8 Å². The van der Waals surface area contributed by atoms with Crippen molar-refractivity contribution in [2.45, 2.75) is 36.7 Å². The summed E-state index contributed by atoms with van der Waals surface area (Å²) in [6, 6.07) is 7.30. The van der Waals surface area contributed by atoms with E-state index in [0.717, 1.165) is 25.9 Å². The van der Waals surface area contributed by atoms with Gasteiger partial charge in [-0.05, 0) is 31.9 Å². The third kappa shape index (κ3) is 3.88. The Bertz CT molecular complexity index is 815. The summed E-state index contributed by atoms with van der Waals surface area (Å²) in [6.45, 7) is 4.37. The lowest BCUT2D eigenvalue weighted by Crippen LogP contribution is -2.35. The van der Waals surface area contributed by atoms with Crippen molar-refractivity contribution in [2.75, 3.05) is 26.8 Å². The number of para-hydroxylation sites is 1. The summed E-state index contributed by atoms with van der Waals surface area (Å²) < 4.78 is 6.74. The van der Waals surface area contributed by atoms with E-state index < -0.39 is 0 Å². The first-order chi connectivity index (χ1) is 12.1. The number of fused-ring (bicyclic) bond motifs is 1. The van der Waals surface area contributed by atoms with Gasteiger partial charge < -0.3 is 9.64 Å². The zero-order chi connectivity index (χ0) is 17.8. The molecule has 0 spiro atoms. The Morgan fingerprint density at radius 1 is 1.32 bits per heavy atom. The number of rotatable bonds is 6. The van der Waals surface area contributed by atoms with Crippen LogP contribution in [0.1, 0.15) is 19.8 Å². The van der Waals surface area contributed by atoms with Crippen molar-refractivity contribution in [3.63, 3.8) is 0 Å². The van der Waals surface area contributed by atoms with Crippen LogP contribution in [0.4, 0.5) is 0 Å². The second kappa shape index (κ2) is 8.01. The number of thioether (sulfide) groups is 1. The topological polar surface area (TPSA) is 64.4 Å². The van der Waals surface area contributed by atoms with Gasteiger partial charge in [-0.1, -0.05) is 23.9 Å². The molecular formula is C18H23N3O3S. The van der Waals surface area contributed by atoms with Crippen molar-refractivity contribution >= 4 is 28.6 Å². The Morgan fingerprint density at radius 2 is 2.04 bits per heavy atom. The number of carbonyl (C=O) groups is 1. The number of hydrogen-bond donors (Lipinski definition) is 0. The second-order valence-electron chi connectivity index (χ2n) is 6.15. The number of aromatic nitrogens is 2. The van der Waals surface area contributed by atoms with Crippen LogP contribution in [-0.2, 0) is 16.1 Å². The van der Waals surface area contributed by atoms with Gasteiger partial charge in [0, 0.05) is 20.2 Å². The average Bonchev–Trinajstić information content (AvgIpc) is 3.15. The van der Waals surface area contributed by atoms with Crippen LogP contribution in [0.25, 0.3) is 10.9 Å². The zero-order valence-electron chi connectivity index (χ0n) is 14.6. The fourth-order valence-electron chi connectivity index (χ4n) is 3.02. The number of amides is 1. The Morgan fingerprint density at radius 3 is 2.76 bits per heavy atom. The molecule has 3 rings (SSSR count). The van der Waals surface area contributed by atoms with Gasteiger partial charge in [0.05, 0.1) is 29.3 Å². The lowest BCUT2D eigenvalue weighted by atomic mass is 10.2. The molecule has 0 radical (unpaired) electrons. The van der Waals surface area contributed by atoms with Crippen LogP contribution in [-0.4, -0.2) is 52.4 Å². The third-order valence-corrected chi connectivity index (χ3v) is 5.47. The first kappa shape index (κ1) is 17.9. The van der Waals surface area contributed by atoms with E-state index in [1.54, 1.807) is 17.7 Å². The minimum Gasteiger partial charge on any atom is -0.383 e. The molecule has 0 saturated carbocycles. The van der Waals surface area contributed by atoms with E-state index in [4.69, 9.17) is 4.74 Å². The van der Waals surface area contributed by atoms with Crippen LogP contribution >= 0.6 is 11.8 Å². The fraction of sp³-hybridized carbons (Fsp3) is 0.500. The zero-order valence-corrected chi connectivity index (χ0v) is 15.4. The van der Waals surface area contributed by atoms with Gasteiger partial charge in [-0.15, -0.1) is 0 Å². The van der Waals surface area contributed by atoms with Gasteiger partial charge >= 0.3 is 0 Å². The molecule has 1 aliphatic rings. The van der Waals surface area contributed by atoms with Crippen molar-refractivity contribution in [2.24, 2.45) is 0 Å². The van der Waals surface area contributed by atoms with E-state index in [2.05, 4.69) is 4.98 Å². The number of likely N-dealkylation sites (tertiary alicyclic amines) is 1. The normalized spacial score (nSPS) is 15.7. The highest BCUT2D eigenvalue weighted by atomic mass is 32.2. The number of carbonyl (C=O) groups excluding carboxylic acids is 1. The van der Waals surface area contributed by atoms with Crippen molar-refractivity contribution in [3.05, 3.63) is 34.6 Å². The van der Waals surface area contributed by atoms with Crippen molar-refractivity contribution in [3.8, 4) is 0 Å². The quantitative estimate of drug-likeness (QED) is 0.583. The van der Waals surface area contributed by atoms with Crippen LogP contribution in [0, 0.1) is 0 Å². The molecule has 1 saturated heterocycles. The molecule has 2 aromatic rings. The van der Waals surface area contributed by atoms with Crippen molar-refractivity contribution < 1.29 is 9.53 Å². The van der Waals surface area contributed by atoms with E-state index in [-0.39, 0.29) is 16.7 Å². The van der Waals surface area contributed by atoms with Gasteiger partial charge in [0.25, 0.3) is 5.56 Å². The highest BCUT2D eigenvalue weighted by Crippen LogP contribution is 2.25. The third-order valence-electron chi connectivity index (χ3n) is 4.39. The molecule has 2 heterocycles. The van der Waals surface area contributed by atoms with Gasteiger partial charge in [0.2, 0.25) is 5.91 Å². The lowest BCUT2D eigenvalue weighted by Gasteiger charge is -2.21. The van der Waals surface area contributed by atoms with Gasteiger partial charge in [-0.3, -0.25) is 14.2 Å². The Balaban J connectivity index is 1.92. The van der Waals surface area contributed by atoms with E-state index in [0.29, 0.717) is 29.2 Å². The van der Waals surface area contributed by atoms with Gasteiger partial charge in [0.15, 0.2) is 5.16 Å². The number of benzene rings is 1. The smallest absolute Gasteiger partial charge is 0.262 e. The molecule has 0 aliphatic carbocycles. The molecule has 0 unspecified atom stereocenters. The predicted molar refractivity (Wildman–Crippen MR) is 99.0 cm³/mol. The molecule has 134 valence electrons. The molecule has 1 fully saturated rings. The highest BCUT2D eigenvalue weighted by Gasteiger charge is 2.25. The molecule has 1 atom stereocenters. The standard InChI is InChI=1S/C18H23N3O3S/c1-13(16(22)20-9-5-6-10-20)25-18-19-15-8-4-3-7-14(15)17(23)21(18)11-12-24-2/h3-4,7-8,13H,5-6,9-12H2,1-2H3/t13-/m0/s1. The van der Waals surface area contributed by atoms with Crippen LogP contribution in [0.3, 0.4) is 0 Å². The highest BCUT2D eigenvalue weighted by molar-refractivity contribution is 8.00. The monoisotopic (exact) mass is 361 g/mol. The van der Waals surface area contributed by atoms with Crippen LogP contribution < -0.4 is 5.56 Å². The number of nitrogens with zero attached hydrogens (tertiary/aromatic N) is 3. The SMILES string of the molecule is COCCn1c(S[C@@H](C)C(=O)N2CCCC2)nc2ccccc2c1=O. The van der Waals surface area contributed by atoms with E-state index in [9.17, 15) is 9.59 Å². The maximum atomic E-state index is 12.8. The van der Waals surface area contributed by atoms with Gasteiger partial charge in [-0.25, -0.2) is 4.98 Å². The lowest BCUT2D eigenvalue weighted by molar-refractivity contribution is -0.129.